The molecular formula is C19H20N2O6. The Labute approximate surface area is 156 Å². The van der Waals surface area contributed by atoms with Crippen molar-refractivity contribution in [2.75, 3.05) is 19.0 Å². The maximum Gasteiger partial charge on any atom is 0.338 e. The molecule has 0 aliphatic heterocycles. The van der Waals surface area contributed by atoms with Crippen molar-refractivity contribution in [3.8, 4) is 5.75 Å². The Morgan fingerprint density at radius 2 is 1.81 bits per heavy atom. The highest BCUT2D eigenvalue weighted by atomic mass is 16.6. The topological polar surface area (TPSA) is 108 Å². The number of nitrogens with zero attached hydrogens (tertiary/aromatic N) is 1. The fraction of sp³-hybridized carbons (Fsp3) is 0.263. The van der Waals surface area contributed by atoms with Crippen molar-refractivity contribution in [1.82, 2.24) is 0 Å². The minimum atomic E-state index is -0.685. The Balaban J connectivity index is 1.98. The fourth-order valence-corrected chi connectivity index (χ4v) is 2.30. The van der Waals surface area contributed by atoms with Crippen LogP contribution in [0.5, 0.6) is 5.75 Å². The Hall–Kier alpha value is -3.42. The Morgan fingerprint density at radius 3 is 2.37 bits per heavy atom. The summed E-state index contributed by atoms with van der Waals surface area (Å²) in [6, 6.07) is 10.9. The smallest absolute Gasteiger partial charge is 0.338 e. The minimum Gasteiger partial charge on any atom is -0.496 e. The number of hydrogen-bond donors (Lipinski definition) is 1. The number of esters is 1. The third-order valence-electron chi connectivity index (χ3n) is 3.82. The number of methoxy groups -OCH3 is 1. The fourth-order valence-electron chi connectivity index (χ4n) is 2.30. The molecule has 27 heavy (non-hydrogen) atoms. The van der Waals surface area contributed by atoms with Gasteiger partial charge in [0.25, 0.3) is 11.6 Å². The molecule has 0 aliphatic rings. The maximum atomic E-state index is 12.0. The average Bonchev–Trinajstić information content (AvgIpc) is 2.66. The number of carbonyl (C=O) groups is 2. The molecule has 0 saturated carbocycles. The van der Waals surface area contributed by atoms with E-state index in [4.69, 9.17) is 9.47 Å². The number of nitro groups is 1. The standard InChI is InChI=1S/C19H20N2O6/c1-12(2)13-4-6-14(7-5-13)19(23)27-11-18(22)20-16-9-8-15(26-3)10-17(16)21(24)25/h4-10,12H,11H2,1-3H3,(H,20,22). The third kappa shape index (κ3) is 5.27. The number of ether oxygens (including phenoxy) is 2. The molecule has 0 heterocycles. The summed E-state index contributed by atoms with van der Waals surface area (Å²) in [5.74, 6) is -0.711. The van der Waals surface area contributed by atoms with Crippen LogP contribution < -0.4 is 10.1 Å². The van der Waals surface area contributed by atoms with Crippen molar-refractivity contribution in [3.05, 3.63) is 63.7 Å². The normalized spacial score (nSPS) is 10.4. The lowest BCUT2D eigenvalue weighted by atomic mass is 10.0. The van der Waals surface area contributed by atoms with E-state index in [1.807, 2.05) is 26.0 Å². The quantitative estimate of drug-likeness (QED) is 0.453. The van der Waals surface area contributed by atoms with Gasteiger partial charge in [0, 0.05) is 0 Å². The zero-order valence-corrected chi connectivity index (χ0v) is 15.2. The first-order valence-electron chi connectivity index (χ1n) is 8.21. The van der Waals surface area contributed by atoms with Crippen molar-refractivity contribution in [2.24, 2.45) is 0 Å². The molecule has 8 heteroatoms. The van der Waals surface area contributed by atoms with E-state index in [2.05, 4.69) is 5.32 Å². The van der Waals surface area contributed by atoms with Gasteiger partial charge in [0.1, 0.15) is 11.4 Å². The number of benzene rings is 2. The summed E-state index contributed by atoms with van der Waals surface area (Å²) in [5, 5.41) is 13.5. The van der Waals surface area contributed by atoms with Crippen LogP contribution in [0.3, 0.4) is 0 Å². The molecule has 0 bridgehead atoms. The van der Waals surface area contributed by atoms with Gasteiger partial charge in [-0.3, -0.25) is 14.9 Å². The molecular weight excluding hydrogens is 352 g/mol. The Kier molecular flexibility index (Phi) is 6.48. The van der Waals surface area contributed by atoms with Crippen molar-refractivity contribution in [1.29, 1.82) is 0 Å². The van der Waals surface area contributed by atoms with Gasteiger partial charge in [0.05, 0.1) is 23.7 Å². The second-order valence-corrected chi connectivity index (χ2v) is 6.04. The molecule has 0 fully saturated rings. The van der Waals surface area contributed by atoms with Gasteiger partial charge in [0.15, 0.2) is 6.61 Å². The lowest BCUT2D eigenvalue weighted by molar-refractivity contribution is -0.384. The van der Waals surface area contributed by atoms with Gasteiger partial charge in [-0.2, -0.15) is 0 Å². The highest BCUT2D eigenvalue weighted by Crippen LogP contribution is 2.28. The van der Waals surface area contributed by atoms with Crippen LogP contribution in [0.25, 0.3) is 0 Å². The summed E-state index contributed by atoms with van der Waals surface area (Å²) in [6.07, 6.45) is 0. The first-order chi connectivity index (χ1) is 12.8. The SMILES string of the molecule is COc1ccc(NC(=O)COC(=O)c2ccc(C(C)C)cc2)c([N+](=O)[O-])c1. The van der Waals surface area contributed by atoms with Gasteiger partial charge in [0.2, 0.25) is 0 Å². The van der Waals surface area contributed by atoms with Gasteiger partial charge in [-0.15, -0.1) is 0 Å². The number of carbonyl (C=O) groups excluding carboxylic acids is 2. The minimum absolute atomic E-state index is 0.0110. The molecule has 0 aromatic heterocycles. The molecule has 2 aromatic carbocycles. The van der Waals surface area contributed by atoms with Gasteiger partial charge in [-0.25, -0.2) is 4.79 Å². The maximum absolute atomic E-state index is 12.0. The van der Waals surface area contributed by atoms with E-state index >= 15 is 0 Å². The van der Waals surface area contributed by atoms with Gasteiger partial charge in [-0.1, -0.05) is 26.0 Å². The second kappa shape index (κ2) is 8.79. The van der Waals surface area contributed by atoms with Crippen LogP contribution in [-0.2, 0) is 9.53 Å². The van der Waals surface area contributed by atoms with Crippen LogP contribution in [0.15, 0.2) is 42.5 Å². The third-order valence-corrected chi connectivity index (χ3v) is 3.82. The van der Waals surface area contributed by atoms with E-state index < -0.39 is 23.4 Å². The summed E-state index contributed by atoms with van der Waals surface area (Å²) in [5.41, 5.74) is 1.07. The number of rotatable bonds is 7. The monoisotopic (exact) mass is 372 g/mol. The highest BCUT2D eigenvalue weighted by molar-refractivity contribution is 5.96. The number of anilines is 1. The molecule has 0 aliphatic carbocycles. The first kappa shape index (κ1) is 19.9. The first-order valence-corrected chi connectivity index (χ1v) is 8.21. The predicted octanol–water partition coefficient (Wildman–Crippen LogP) is 3.52. The van der Waals surface area contributed by atoms with Crippen LogP contribution in [0.1, 0.15) is 35.7 Å². The van der Waals surface area contributed by atoms with E-state index in [1.54, 1.807) is 12.1 Å². The number of amides is 1. The molecule has 2 aromatic rings. The molecule has 2 rings (SSSR count). The molecule has 1 N–H and O–H groups in total. The van der Waals surface area contributed by atoms with Gasteiger partial charge in [-0.05, 0) is 35.7 Å². The van der Waals surface area contributed by atoms with E-state index in [9.17, 15) is 19.7 Å². The number of hydrogen-bond acceptors (Lipinski definition) is 6. The summed E-state index contributed by atoms with van der Waals surface area (Å²) in [6.45, 7) is 3.51. The molecule has 142 valence electrons. The highest BCUT2D eigenvalue weighted by Gasteiger charge is 2.18. The van der Waals surface area contributed by atoms with E-state index in [0.29, 0.717) is 11.5 Å². The van der Waals surface area contributed by atoms with Crippen molar-refractivity contribution >= 4 is 23.3 Å². The zero-order chi connectivity index (χ0) is 20.0. The van der Waals surface area contributed by atoms with Crippen molar-refractivity contribution in [3.63, 3.8) is 0 Å². The van der Waals surface area contributed by atoms with Gasteiger partial charge >= 0.3 is 5.97 Å². The summed E-state index contributed by atoms with van der Waals surface area (Å²) in [4.78, 5) is 34.5. The predicted molar refractivity (Wildman–Crippen MR) is 99.1 cm³/mol. The van der Waals surface area contributed by atoms with Crippen molar-refractivity contribution < 1.29 is 24.0 Å². The molecule has 1 amide bonds. The molecule has 0 unspecified atom stereocenters. The molecule has 8 nitrogen and oxygen atoms in total. The summed E-state index contributed by atoms with van der Waals surface area (Å²) in [7, 11) is 1.38. The molecule has 0 atom stereocenters. The number of nitrogens with one attached hydrogen (secondary N) is 1. The van der Waals surface area contributed by atoms with Crippen LogP contribution in [0.4, 0.5) is 11.4 Å². The lowest BCUT2D eigenvalue weighted by Crippen LogP contribution is -2.21. The van der Waals surface area contributed by atoms with E-state index in [-0.39, 0.29) is 17.1 Å². The van der Waals surface area contributed by atoms with E-state index in [0.717, 1.165) is 5.56 Å². The second-order valence-electron chi connectivity index (χ2n) is 6.04. The molecule has 0 saturated heterocycles. The summed E-state index contributed by atoms with van der Waals surface area (Å²) < 4.78 is 9.89. The Bertz CT molecular complexity index is 846. The largest absolute Gasteiger partial charge is 0.496 e. The lowest BCUT2D eigenvalue weighted by Gasteiger charge is -2.09. The van der Waals surface area contributed by atoms with Crippen LogP contribution in [-0.4, -0.2) is 30.5 Å². The van der Waals surface area contributed by atoms with Crippen LogP contribution in [0.2, 0.25) is 0 Å². The van der Waals surface area contributed by atoms with Crippen LogP contribution in [0, 0.1) is 10.1 Å². The number of nitro benzene ring substituents is 1. The Morgan fingerprint density at radius 1 is 1.15 bits per heavy atom. The molecule has 0 spiro atoms. The summed E-state index contributed by atoms with van der Waals surface area (Å²) >= 11 is 0. The zero-order valence-electron chi connectivity index (χ0n) is 15.2. The van der Waals surface area contributed by atoms with Crippen molar-refractivity contribution in [2.45, 2.75) is 19.8 Å². The molecule has 0 radical (unpaired) electrons. The van der Waals surface area contributed by atoms with Gasteiger partial charge < -0.3 is 14.8 Å². The van der Waals surface area contributed by atoms with E-state index in [1.165, 1.54) is 25.3 Å². The average molecular weight is 372 g/mol. The van der Waals surface area contributed by atoms with Crippen LogP contribution >= 0.6 is 0 Å².